The zero-order valence-corrected chi connectivity index (χ0v) is 7.80. The molecule has 0 saturated heterocycles. The topological polar surface area (TPSA) is 0 Å². The van der Waals surface area contributed by atoms with Crippen LogP contribution >= 0.6 is 22.6 Å². The Balaban J connectivity index is 2.90. The van der Waals surface area contributed by atoms with Gasteiger partial charge in [-0.05, 0) is 23.7 Å². The maximum absolute atomic E-state index is 3.59. The molecule has 0 aromatic heterocycles. The van der Waals surface area contributed by atoms with Gasteiger partial charge in [-0.3, -0.25) is 0 Å². The van der Waals surface area contributed by atoms with Gasteiger partial charge < -0.3 is 0 Å². The highest BCUT2D eigenvalue weighted by atomic mass is 127. The molecule has 0 unspecified atom stereocenters. The van der Waals surface area contributed by atoms with Crippen molar-refractivity contribution >= 4 is 22.6 Å². The third-order valence-electron chi connectivity index (χ3n) is 1.03. The third kappa shape index (κ3) is 8.21. The molecule has 0 saturated carbocycles. The Morgan fingerprint density at radius 3 is 2.67 bits per heavy atom. The highest BCUT2D eigenvalue weighted by Gasteiger charge is 1.79. The average Bonchev–Trinajstić information content (AvgIpc) is 1.89. The van der Waals surface area contributed by atoms with Gasteiger partial charge in [-0.1, -0.05) is 47.4 Å². The van der Waals surface area contributed by atoms with Crippen LogP contribution in [0.5, 0.6) is 0 Å². The molecule has 0 spiro atoms. The molecule has 0 nitrogen and oxygen atoms in total. The van der Waals surface area contributed by atoms with Crippen LogP contribution in [0, 0.1) is 0 Å². The maximum atomic E-state index is 3.59. The van der Waals surface area contributed by atoms with Gasteiger partial charge in [0.15, 0.2) is 0 Å². The molecule has 0 rings (SSSR count). The lowest BCUT2D eigenvalue weighted by atomic mass is 10.2. The molecule has 0 aliphatic heterocycles. The van der Waals surface area contributed by atoms with Crippen molar-refractivity contribution in [2.45, 2.75) is 19.3 Å². The molecule has 0 heterocycles. The molecule has 0 radical (unpaired) electrons. The van der Waals surface area contributed by atoms with E-state index in [1.807, 2.05) is 12.2 Å². The highest BCUT2D eigenvalue weighted by Crippen LogP contribution is 1.99. The van der Waals surface area contributed by atoms with Crippen LogP contribution in [0.4, 0.5) is 0 Å². The first-order valence-electron chi connectivity index (χ1n) is 3.25. The summed E-state index contributed by atoms with van der Waals surface area (Å²) in [6.45, 7) is 3.59. The van der Waals surface area contributed by atoms with Crippen LogP contribution in [0.2, 0.25) is 0 Å². The standard InChI is InChI=1S/C8H13I/c1-2-3-4-5-6-7-8-9/h2-4H,1,5-8H2/b4-3-. The SMILES string of the molecule is C=C/C=C\CCCCI. The van der Waals surface area contributed by atoms with E-state index in [1.54, 1.807) is 0 Å². The second-order valence-corrected chi connectivity index (χ2v) is 2.93. The van der Waals surface area contributed by atoms with Crippen molar-refractivity contribution in [3.05, 3.63) is 24.8 Å². The van der Waals surface area contributed by atoms with E-state index in [1.165, 1.54) is 23.7 Å². The summed E-state index contributed by atoms with van der Waals surface area (Å²) in [7, 11) is 0. The summed E-state index contributed by atoms with van der Waals surface area (Å²) in [4.78, 5) is 0. The predicted molar refractivity (Wildman–Crippen MR) is 52.1 cm³/mol. The van der Waals surface area contributed by atoms with Crippen molar-refractivity contribution < 1.29 is 0 Å². The minimum Gasteiger partial charge on any atom is -0.0991 e. The second-order valence-electron chi connectivity index (χ2n) is 1.85. The molecule has 0 aromatic rings. The van der Waals surface area contributed by atoms with Crippen molar-refractivity contribution in [3.8, 4) is 0 Å². The number of hydrogen-bond acceptors (Lipinski definition) is 0. The predicted octanol–water partition coefficient (Wildman–Crippen LogP) is 3.33. The largest absolute Gasteiger partial charge is 0.0991 e. The minimum atomic E-state index is 1.20. The van der Waals surface area contributed by atoms with Crippen LogP contribution in [0.3, 0.4) is 0 Å². The zero-order chi connectivity index (χ0) is 6.95. The number of unbranched alkanes of at least 4 members (excludes halogenated alkanes) is 2. The first kappa shape index (κ1) is 9.21. The normalized spacial score (nSPS) is 10.3. The smallest absolute Gasteiger partial charge is 0.000462 e. The van der Waals surface area contributed by atoms with Crippen molar-refractivity contribution in [1.82, 2.24) is 0 Å². The van der Waals surface area contributed by atoms with Crippen LogP contribution in [0.25, 0.3) is 0 Å². The van der Waals surface area contributed by atoms with Gasteiger partial charge >= 0.3 is 0 Å². The molecular weight excluding hydrogens is 223 g/mol. The fourth-order valence-corrected chi connectivity index (χ4v) is 1.09. The number of halogens is 1. The highest BCUT2D eigenvalue weighted by molar-refractivity contribution is 14.1. The summed E-state index contributed by atoms with van der Waals surface area (Å²) >= 11 is 2.40. The van der Waals surface area contributed by atoms with Gasteiger partial charge in [-0.2, -0.15) is 0 Å². The lowest BCUT2D eigenvalue weighted by Gasteiger charge is -1.88. The molecule has 0 fully saturated rings. The summed E-state index contributed by atoms with van der Waals surface area (Å²) in [5.41, 5.74) is 0. The number of allylic oxidation sites excluding steroid dienone is 3. The molecule has 52 valence electrons. The quantitative estimate of drug-likeness (QED) is 0.297. The number of alkyl halides is 1. The molecule has 0 amide bonds. The Labute approximate surface area is 71.2 Å². The first-order valence-corrected chi connectivity index (χ1v) is 4.78. The van der Waals surface area contributed by atoms with Gasteiger partial charge in [0.2, 0.25) is 0 Å². The van der Waals surface area contributed by atoms with E-state index < -0.39 is 0 Å². The van der Waals surface area contributed by atoms with Crippen LogP contribution in [-0.2, 0) is 0 Å². The number of rotatable bonds is 5. The van der Waals surface area contributed by atoms with E-state index in [0.29, 0.717) is 0 Å². The Morgan fingerprint density at radius 2 is 2.11 bits per heavy atom. The zero-order valence-electron chi connectivity index (χ0n) is 5.65. The van der Waals surface area contributed by atoms with Crippen LogP contribution in [0.15, 0.2) is 24.8 Å². The van der Waals surface area contributed by atoms with E-state index in [-0.39, 0.29) is 0 Å². The third-order valence-corrected chi connectivity index (χ3v) is 1.79. The Hall–Kier alpha value is 0.210. The Morgan fingerprint density at radius 1 is 1.33 bits per heavy atom. The van der Waals surface area contributed by atoms with E-state index in [9.17, 15) is 0 Å². The van der Waals surface area contributed by atoms with Crippen molar-refractivity contribution in [1.29, 1.82) is 0 Å². The van der Waals surface area contributed by atoms with E-state index in [0.717, 1.165) is 0 Å². The molecule has 0 N–H and O–H groups in total. The maximum Gasteiger partial charge on any atom is -0.000462 e. The second kappa shape index (κ2) is 8.21. The lowest BCUT2D eigenvalue weighted by molar-refractivity contribution is 0.831. The van der Waals surface area contributed by atoms with Gasteiger partial charge in [0.25, 0.3) is 0 Å². The van der Waals surface area contributed by atoms with Gasteiger partial charge in [0, 0.05) is 0 Å². The first-order chi connectivity index (χ1) is 4.41. The molecule has 0 atom stereocenters. The Kier molecular flexibility index (Phi) is 8.40. The summed E-state index contributed by atoms with van der Waals surface area (Å²) < 4.78 is 1.28. The lowest BCUT2D eigenvalue weighted by Crippen LogP contribution is -1.72. The van der Waals surface area contributed by atoms with Crippen LogP contribution in [0.1, 0.15) is 19.3 Å². The van der Waals surface area contributed by atoms with Gasteiger partial charge in [-0.25, -0.2) is 0 Å². The van der Waals surface area contributed by atoms with Gasteiger partial charge in [0.05, 0.1) is 0 Å². The fraction of sp³-hybridized carbons (Fsp3) is 0.500. The van der Waals surface area contributed by atoms with Crippen LogP contribution in [-0.4, -0.2) is 4.43 Å². The monoisotopic (exact) mass is 236 g/mol. The van der Waals surface area contributed by atoms with E-state index in [2.05, 4.69) is 35.2 Å². The summed E-state index contributed by atoms with van der Waals surface area (Å²) in [6.07, 6.45) is 9.85. The Bertz CT molecular complexity index is 84.6. The molecule has 0 aromatic carbocycles. The summed E-state index contributed by atoms with van der Waals surface area (Å²) in [5.74, 6) is 0. The molecule has 0 aliphatic carbocycles. The van der Waals surface area contributed by atoms with Crippen molar-refractivity contribution in [3.63, 3.8) is 0 Å². The van der Waals surface area contributed by atoms with Gasteiger partial charge in [0.1, 0.15) is 0 Å². The average molecular weight is 236 g/mol. The van der Waals surface area contributed by atoms with Crippen molar-refractivity contribution in [2.75, 3.05) is 4.43 Å². The van der Waals surface area contributed by atoms with E-state index >= 15 is 0 Å². The van der Waals surface area contributed by atoms with E-state index in [4.69, 9.17) is 0 Å². The summed E-state index contributed by atoms with van der Waals surface area (Å²) in [6, 6.07) is 0. The molecule has 1 heteroatoms. The number of hydrogen-bond donors (Lipinski definition) is 0. The van der Waals surface area contributed by atoms with Crippen LogP contribution < -0.4 is 0 Å². The van der Waals surface area contributed by atoms with Gasteiger partial charge in [-0.15, -0.1) is 0 Å². The fourth-order valence-electron chi connectivity index (χ4n) is 0.549. The summed E-state index contributed by atoms with van der Waals surface area (Å²) in [5, 5.41) is 0. The molecular formula is C8H13I. The minimum absolute atomic E-state index is 1.20. The van der Waals surface area contributed by atoms with Crippen molar-refractivity contribution in [2.24, 2.45) is 0 Å². The molecule has 0 aliphatic rings. The molecule has 9 heavy (non-hydrogen) atoms. The molecule has 0 bridgehead atoms.